The van der Waals surface area contributed by atoms with Gasteiger partial charge in [0.2, 0.25) is 0 Å². The smallest absolute Gasteiger partial charge is 0.332 e. The topological polar surface area (TPSA) is 132 Å². The second-order valence-electron chi connectivity index (χ2n) is 2.02. The van der Waals surface area contributed by atoms with Crippen molar-refractivity contribution in [3.63, 3.8) is 0 Å². The molecule has 7 nitrogen and oxygen atoms in total. The predicted octanol–water partition coefficient (Wildman–Crippen LogP) is -2.67. The van der Waals surface area contributed by atoms with Crippen LogP contribution in [-0.4, -0.2) is 90.5 Å². The van der Waals surface area contributed by atoms with Crippen molar-refractivity contribution in [1.29, 1.82) is 0 Å². The molecule has 0 saturated carbocycles. The lowest BCUT2D eigenvalue weighted by atomic mass is 10.4. The standard InChI is InChI=1S/C4H4O4.C3H6O3.2Mg.4H/c5-3(6)1-2-4(7)8;1-2(4)3(5)6;;;;;;/h1-2H,(H,5,6)(H,7,8);2,4H,1H3,(H,5,6);;;;;;/b2-1+;;;;;;;. The van der Waals surface area contributed by atoms with E-state index in [0.29, 0.717) is 12.2 Å². The summed E-state index contributed by atoms with van der Waals surface area (Å²) in [7, 11) is 0. The third-order valence-electron chi connectivity index (χ3n) is 0.726. The van der Waals surface area contributed by atoms with Crippen LogP contribution in [0.2, 0.25) is 0 Å². The number of aliphatic carboxylic acids is 3. The van der Waals surface area contributed by atoms with E-state index >= 15 is 0 Å². The zero-order chi connectivity index (χ0) is 11.7. The van der Waals surface area contributed by atoms with Gasteiger partial charge in [0.25, 0.3) is 0 Å². The van der Waals surface area contributed by atoms with Crippen molar-refractivity contribution in [3.8, 4) is 0 Å². The van der Waals surface area contributed by atoms with Crippen LogP contribution < -0.4 is 0 Å². The highest BCUT2D eigenvalue weighted by atomic mass is 24.3. The first kappa shape index (κ1) is 24.7. The first-order valence-electron chi connectivity index (χ1n) is 3.32. The maximum atomic E-state index is 9.55. The van der Waals surface area contributed by atoms with Crippen LogP contribution >= 0.6 is 0 Å². The molecule has 0 fully saturated rings. The van der Waals surface area contributed by atoms with Gasteiger partial charge in [-0.15, -0.1) is 0 Å². The highest BCUT2D eigenvalue weighted by Crippen LogP contribution is 1.73. The molecule has 0 aliphatic rings. The number of aliphatic hydroxyl groups is 1. The van der Waals surface area contributed by atoms with E-state index in [1.54, 1.807) is 0 Å². The van der Waals surface area contributed by atoms with Gasteiger partial charge in [-0.1, -0.05) is 0 Å². The van der Waals surface area contributed by atoms with Crippen LogP contribution in [0.1, 0.15) is 6.92 Å². The van der Waals surface area contributed by atoms with Crippen LogP contribution in [0.5, 0.6) is 0 Å². The van der Waals surface area contributed by atoms with Crippen molar-refractivity contribution in [2.75, 3.05) is 0 Å². The number of rotatable bonds is 3. The molecule has 0 radical (unpaired) electrons. The molecule has 9 heteroatoms. The van der Waals surface area contributed by atoms with E-state index in [2.05, 4.69) is 0 Å². The van der Waals surface area contributed by atoms with E-state index in [0.717, 1.165) is 0 Å². The fourth-order valence-electron chi connectivity index (χ4n) is 0.143. The van der Waals surface area contributed by atoms with Crippen molar-refractivity contribution >= 4 is 64.0 Å². The van der Waals surface area contributed by atoms with Gasteiger partial charge in [0, 0.05) is 12.2 Å². The average Bonchev–Trinajstić information content (AvgIpc) is 2.01. The van der Waals surface area contributed by atoms with Crippen LogP contribution in [0, 0.1) is 0 Å². The van der Waals surface area contributed by atoms with Crippen molar-refractivity contribution < 1.29 is 34.8 Å². The molecule has 0 aromatic carbocycles. The zero-order valence-electron chi connectivity index (χ0n) is 7.25. The Balaban J connectivity index is -0.0000000825. The Kier molecular flexibility index (Phi) is 22.6. The van der Waals surface area contributed by atoms with Crippen molar-refractivity contribution in [1.82, 2.24) is 0 Å². The monoisotopic (exact) mass is 258 g/mol. The molecule has 16 heavy (non-hydrogen) atoms. The van der Waals surface area contributed by atoms with Gasteiger partial charge in [-0.2, -0.15) is 0 Å². The highest BCUT2D eigenvalue weighted by Gasteiger charge is 2.01. The molecular weight excluding hydrogens is 245 g/mol. The number of hydrogen-bond donors (Lipinski definition) is 4. The van der Waals surface area contributed by atoms with E-state index in [1.807, 2.05) is 0 Å². The molecule has 0 heterocycles. The lowest BCUT2D eigenvalue weighted by molar-refractivity contribution is -0.145. The minimum Gasteiger partial charge on any atom is -0.479 e. The largest absolute Gasteiger partial charge is 0.479 e. The molecular formula is C7H14Mg2O7. The Morgan fingerprint density at radius 1 is 0.938 bits per heavy atom. The molecule has 1 unspecified atom stereocenters. The number of aliphatic hydroxyl groups excluding tert-OH is 1. The number of carbonyl (C=O) groups is 3. The van der Waals surface area contributed by atoms with Gasteiger partial charge in [-0.25, -0.2) is 14.4 Å². The summed E-state index contributed by atoms with van der Waals surface area (Å²) in [6.45, 7) is 1.20. The third kappa shape index (κ3) is 29.2. The molecule has 0 spiro atoms. The lowest BCUT2D eigenvalue weighted by Crippen LogP contribution is -2.13. The summed E-state index contributed by atoms with van der Waals surface area (Å²) < 4.78 is 0. The minimum absolute atomic E-state index is 0. The summed E-state index contributed by atoms with van der Waals surface area (Å²) in [5.41, 5.74) is 0. The van der Waals surface area contributed by atoms with Crippen LogP contribution in [0.15, 0.2) is 12.2 Å². The molecule has 1 atom stereocenters. The maximum absolute atomic E-state index is 9.55. The number of carboxylic acids is 3. The molecule has 0 aromatic rings. The second kappa shape index (κ2) is 14.6. The van der Waals surface area contributed by atoms with E-state index in [9.17, 15) is 14.4 Å². The fourth-order valence-corrected chi connectivity index (χ4v) is 0.143. The van der Waals surface area contributed by atoms with Crippen molar-refractivity contribution in [2.24, 2.45) is 0 Å². The molecule has 0 amide bonds. The summed E-state index contributed by atoms with van der Waals surface area (Å²) in [6, 6.07) is 0. The Morgan fingerprint density at radius 2 is 1.12 bits per heavy atom. The van der Waals surface area contributed by atoms with Gasteiger partial charge in [-0.05, 0) is 6.92 Å². The molecule has 0 aromatic heterocycles. The normalized spacial score (nSPS) is 9.88. The van der Waals surface area contributed by atoms with Crippen LogP contribution in [-0.2, 0) is 14.4 Å². The number of carboxylic acid groups (broad SMARTS) is 3. The van der Waals surface area contributed by atoms with Crippen molar-refractivity contribution in [3.05, 3.63) is 12.2 Å². The first-order valence-corrected chi connectivity index (χ1v) is 3.32. The maximum Gasteiger partial charge on any atom is 0.332 e. The van der Waals surface area contributed by atoms with Gasteiger partial charge in [0.1, 0.15) is 6.10 Å². The van der Waals surface area contributed by atoms with Gasteiger partial charge >= 0.3 is 64.0 Å². The molecule has 88 valence electrons. The fraction of sp³-hybridized carbons (Fsp3) is 0.286. The quantitative estimate of drug-likeness (QED) is 0.321. The molecule has 0 aliphatic carbocycles. The van der Waals surface area contributed by atoms with Crippen LogP contribution in [0.25, 0.3) is 0 Å². The van der Waals surface area contributed by atoms with Gasteiger partial charge < -0.3 is 20.4 Å². The van der Waals surface area contributed by atoms with Gasteiger partial charge in [0.15, 0.2) is 0 Å². The van der Waals surface area contributed by atoms with Crippen molar-refractivity contribution in [2.45, 2.75) is 13.0 Å². The molecule has 4 N–H and O–H groups in total. The second-order valence-corrected chi connectivity index (χ2v) is 2.02. The van der Waals surface area contributed by atoms with Crippen LogP contribution in [0.3, 0.4) is 0 Å². The summed E-state index contributed by atoms with van der Waals surface area (Å²) in [6.07, 6.45) is -0.116. The average molecular weight is 259 g/mol. The van der Waals surface area contributed by atoms with E-state index in [1.165, 1.54) is 6.92 Å². The van der Waals surface area contributed by atoms with E-state index in [4.69, 9.17) is 20.4 Å². The molecule has 0 aliphatic heterocycles. The molecule has 0 bridgehead atoms. The molecule has 0 saturated heterocycles. The minimum atomic E-state index is -1.26. The zero-order valence-corrected chi connectivity index (χ0v) is 7.25. The number of hydrogen-bond acceptors (Lipinski definition) is 4. The highest BCUT2D eigenvalue weighted by molar-refractivity contribution is 5.89. The summed E-state index contributed by atoms with van der Waals surface area (Å²) in [5.74, 6) is -3.70. The van der Waals surface area contributed by atoms with Gasteiger partial charge in [-0.3, -0.25) is 0 Å². The van der Waals surface area contributed by atoms with E-state index in [-0.39, 0.29) is 46.1 Å². The Bertz CT molecular complexity index is 233. The SMILES string of the molecule is CC(O)C(=O)O.O=C(O)/C=C/C(=O)O.[MgH2].[MgH2]. The van der Waals surface area contributed by atoms with E-state index < -0.39 is 24.0 Å². The Morgan fingerprint density at radius 3 is 1.19 bits per heavy atom. The summed E-state index contributed by atoms with van der Waals surface area (Å²) >= 11 is 0. The summed E-state index contributed by atoms with van der Waals surface area (Å²) in [4.78, 5) is 28.6. The summed E-state index contributed by atoms with van der Waals surface area (Å²) in [5, 5.41) is 31.4. The van der Waals surface area contributed by atoms with Gasteiger partial charge in [0.05, 0.1) is 0 Å². The Labute approximate surface area is 123 Å². The molecule has 0 rings (SSSR count). The third-order valence-corrected chi connectivity index (χ3v) is 0.726. The Hall–Kier alpha value is -0.358. The van der Waals surface area contributed by atoms with Crippen LogP contribution in [0.4, 0.5) is 0 Å². The first-order chi connectivity index (χ1) is 6.27. The predicted molar refractivity (Wildman–Crippen MR) is 60.8 cm³/mol. The lowest BCUT2D eigenvalue weighted by Gasteiger charge is -1.89.